The van der Waals surface area contributed by atoms with Crippen LogP contribution in [0.3, 0.4) is 0 Å². The van der Waals surface area contributed by atoms with Crippen LogP contribution in [-0.2, 0) is 61.9 Å². The number of hydrogen-bond donors (Lipinski definition) is 3. The smallest absolute Gasteiger partial charge is 0.311 e. The van der Waals surface area contributed by atoms with Crippen molar-refractivity contribution in [2.45, 2.75) is 299 Å². The molecule has 1 saturated heterocycles. The van der Waals surface area contributed by atoms with Crippen molar-refractivity contribution in [2.75, 3.05) is 94.6 Å². The van der Waals surface area contributed by atoms with E-state index >= 15 is 0 Å². The molecule has 606 valence electrons. The van der Waals surface area contributed by atoms with Gasteiger partial charge in [0, 0.05) is 23.0 Å². The molecule has 0 saturated carbocycles. The van der Waals surface area contributed by atoms with Gasteiger partial charge in [0.2, 0.25) is 4.38 Å². The lowest BCUT2D eigenvalue weighted by Gasteiger charge is -2.21. The molecule has 2 rings (SSSR count). The normalized spacial score (nSPS) is 11.4. The molecular weight excluding hydrogens is 1340 g/mol. The van der Waals surface area contributed by atoms with Crippen molar-refractivity contribution in [3.05, 3.63) is 29.8 Å². The van der Waals surface area contributed by atoms with Crippen LogP contribution in [0.25, 0.3) is 0 Å². The first-order valence-corrected chi connectivity index (χ1v) is 34.8. The molecule has 0 bridgehead atoms. The van der Waals surface area contributed by atoms with E-state index in [1.54, 1.807) is 47.4 Å². The Hall–Kier alpha value is -2.95. The summed E-state index contributed by atoms with van der Waals surface area (Å²) in [7, 11) is 0. The maximum atomic E-state index is 11.6. The van der Waals surface area contributed by atoms with Crippen molar-refractivity contribution in [1.82, 2.24) is 0 Å². The highest BCUT2D eigenvalue weighted by Crippen LogP contribution is 2.27. The number of phenolic OH excluding ortho intramolecular Hbond substituents is 1. The van der Waals surface area contributed by atoms with Crippen molar-refractivity contribution in [3.63, 3.8) is 0 Å². The number of ether oxygens (including phenoxy) is 7. The number of aromatic hydroxyl groups is 1. The van der Waals surface area contributed by atoms with E-state index in [9.17, 15) is 28.8 Å². The number of esters is 6. The van der Waals surface area contributed by atoms with Gasteiger partial charge in [0.25, 0.3) is 0 Å². The van der Waals surface area contributed by atoms with Crippen LogP contribution in [-0.4, -0.2) is 156 Å². The summed E-state index contributed by atoms with van der Waals surface area (Å²) in [6.45, 7) is 40.6. The second kappa shape index (κ2) is 81.3. The third-order valence-electron chi connectivity index (χ3n) is 14.0. The molecule has 1 aromatic rings. The quantitative estimate of drug-likeness (QED) is 0.0293. The third-order valence-corrected chi connectivity index (χ3v) is 17.0. The van der Waals surface area contributed by atoms with Crippen molar-refractivity contribution in [2.24, 2.45) is 32.5 Å². The summed E-state index contributed by atoms with van der Waals surface area (Å²) in [5.41, 5.74) is -0.920. The van der Waals surface area contributed by atoms with Gasteiger partial charge in [-0.1, -0.05) is 183 Å². The molecule has 0 spiro atoms. The van der Waals surface area contributed by atoms with E-state index in [4.69, 9.17) is 60.7 Å². The van der Waals surface area contributed by atoms with Gasteiger partial charge >= 0.3 is 35.8 Å². The Balaban J connectivity index is -0.0000000428. The minimum Gasteiger partial charge on any atom is -0.508 e. The molecule has 0 amide bonds. The fourth-order valence-electron chi connectivity index (χ4n) is 4.62. The molecule has 0 aliphatic carbocycles. The van der Waals surface area contributed by atoms with E-state index in [0.717, 1.165) is 68.0 Å². The number of carbonyl (C=O) groups is 6. The Labute approximate surface area is 634 Å². The highest BCUT2D eigenvalue weighted by atomic mass is 32.2. The molecule has 3 N–H and O–H groups in total. The zero-order valence-electron chi connectivity index (χ0n) is 56.1. The average molecular weight is 1510 g/mol. The molecule has 16 nitrogen and oxygen atoms in total. The molecule has 2 unspecified atom stereocenters. The summed E-state index contributed by atoms with van der Waals surface area (Å²) in [6.07, 6.45) is 11.8. The lowest BCUT2D eigenvalue weighted by Crippen LogP contribution is -2.29. The van der Waals surface area contributed by atoms with Gasteiger partial charge in [-0.15, -0.1) is 0 Å². The lowest BCUT2D eigenvalue weighted by atomic mass is 9.91. The molecule has 1 aromatic carbocycles. The van der Waals surface area contributed by atoms with E-state index in [-0.39, 0.29) is 189 Å². The van der Waals surface area contributed by atoms with Crippen molar-refractivity contribution < 1.29 is 77.2 Å². The Bertz CT molecular complexity index is 1820. The molecule has 1 aliphatic rings. The molecule has 0 aromatic heterocycles. The second-order valence-electron chi connectivity index (χ2n) is 23.3. The summed E-state index contributed by atoms with van der Waals surface area (Å²) in [5.74, 6) is 3.45. The predicted octanol–water partition coefficient (Wildman–Crippen LogP) is 23.1. The van der Waals surface area contributed by atoms with Gasteiger partial charge in [-0.05, 0) is 183 Å². The van der Waals surface area contributed by atoms with Crippen molar-refractivity contribution >= 4 is 99.5 Å². The van der Waals surface area contributed by atoms with E-state index < -0.39 is 16.2 Å². The first kappa shape index (κ1) is 145. The zero-order chi connectivity index (χ0) is 66.4. The number of thiocarbonyl (C=S) groups is 1. The van der Waals surface area contributed by atoms with Crippen LogP contribution in [0.15, 0.2) is 24.3 Å². The number of hydrogen-bond acceptors (Lipinski definition) is 21. The minimum absolute atomic E-state index is 0. The fourth-order valence-corrected chi connectivity index (χ4v) is 6.40. The van der Waals surface area contributed by atoms with Gasteiger partial charge in [0.15, 0.2) is 0 Å². The van der Waals surface area contributed by atoms with Crippen LogP contribution in [0.5, 0.6) is 5.75 Å². The monoisotopic (exact) mass is 1510 g/mol. The van der Waals surface area contributed by atoms with Crippen molar-refractivity contribution in [1.29, 1.82) is 0 Å². The Kier molecular flexibility index (Phi) is 121. The van der Waals surface area contributed by atoms with E-state index in [0.29, 0.717) is 42.5 Å². The SMILES string of the molecule is C.C.C.C.C.C.C.C.C.C.C.C.C.C.CCC(C)(C)C(=O)OCC1CSC(=S)O1.CCC(C)(C)C(=O)OCCO.CCC(C)(C)C(=O)OCCO.CCC(C)(C)C(=O)OCCSC.CCC(C)(C)C(=O)OCCSC.CCC(C)(C)C(=O)OCCSC.CCC(C)c1ccc(O)cc1. The van der Waals surface area contributed by atoms with Gasteiger partial charge in [0.05, 0.1) is 45.7 Å². The molecule has 98 heavy (non-hydrogen) atoms. The summed E-state index contributed by atoms with van der Waals surface area (Å²) in [5, 5.41) is 25.8. The van der Waals surface area contributed by atoms with Crippen LogP contribution >= 0.6 is 59.3 Å². The first-order valence-electron chi connectivity index (χ1n) is 29.2. The summed E-state index contributed by atoms with van der Waals surface area (Å²) < 4.78 is 35.8. The second-order valence-corrected chi connectivity index (χ2v) is 27.9. The molecular formula is C77H172O16S5. The van der Waals surface area contributed by atoms with Crippen molar-refractivity contribution in [3.8, 4) is 5.75 Å². The highest BCUT2D eigenvalue weighted by Gasteiger charge is 2.32. The summed E-state index contributed by atoms with van der Waals surface area (Å²) >= 11 is 11.4. The molecule has 1 fully saturated rings. The van der Waals surface area contributed by atoms with Gasteiger partial charge < -0.3 is 48.5 Å². The highest BCUT2D eigenvalue weighted by molar-refractivity contribution is 8.22. The topological polar surface area (TPSA) is 228 Å². The van der Waals surface area contributed by atoms with Crippen LogP contribution in [0, 0.1) is 32.5 Å². The number of thioether (sulfide) groups is 4. The third kappa shape index (κ3) is 72.8. The van der Waals surface area contributed by atoms with Crippen LogP contribution in [0.1, 0.15) is 299 Å². The van der Waals surface area contributed by atoms with Crippen LogP contribution < -0.4 is 0 Å². The van der Waals surface area contributed by atoms with Gasteiger partial charge in [-0.25, -0.2) is 0 Å². The Morgan fingerprint density at radius 3 is 0.857 bits per heavy atom. The summed E-state index contributed by atoms with van der Waals surface area (Å²) in [4.78, 5) is 67.9. The number of rotatable bonds is 29. The molecule has 1 aliphatic heterocycles. The Morgan fingerprint density at radius 2 is 0.673 bits per heavy atom. The maximum absolute atomic E-state index is 11.6. The first-order chi connectivity index (χ1) is 38.9. The molecule has 2 atom stereocenters. The molecule has 1 heterocycles. The largest absolute Gasteiger partial charge is 0.508 e. The van der Waals surface area contributed by atoms with Gasteiger partial charge in [-0.2, -0.15) is 35.3 Å². The number of aliphatic hydroxyl groups is 2. The number of carbonyl (C=O) groups excluding carboxylic acids is 6. The predicted molar refractivity (Wildman–Crippen MR) is 450 cm³/mol. The number of aliphatic hydroxyl groups excluding tert-OH is 2. The number of phenols is 1. The van der Waals surface area contributed by atoms with Crippen LogP contribution in [0.2, 0.25) is 0 Å². The summed E-state index contributed by atoms with van der Waals surface area (Å²) in [6, 6.07) is 7.43. The Morgan fingerprint density at radius 1 is 0.449 bits per heavy atom. The zero-order valence-corrected chi connectivity index (χ0v) is 60.2. The van der Waals surface area contributed by atoms with Crippen LogP contribution in [0.4, 0.5) is 0 Å². The van der Waals surface area contributed by atoms with E-state index in [1.807, 2.05) is 156 Å². The standard InChI is InChI=1S/C10H16O3S2.C10H14O.3C9H18O2S.2C8H16O3.14CH4/c1-4-10(2,3)8(11)12-5-7-6-15-9(14)13-7;1-3-8(2)9-4-6-10(11)7-5-9;3*1-5-9(2,3)8(10)11-6-7-12-4;2*1-4-8(2,3)7(10)11-6-5-9;;;;;;;;;;;;;;/h7H,4-6H2,1-3H3;4-8,11H,3H2,1-2H3;3*5-7H2,1-4H3;2*9H,4-6H2,1-3H3;14*1H4. The van der Waals surface area contributed by atoms with Gasteiger partial charge in [-0.3, -0.25) is 28.8 Å². The van der Waals surface area contributed by atoms with E-state index in [2.05, 4.69) is 13.8 Å². The lowest BCUT2D eigenvalue weighted by molar-refractivity contribution is -0.156. The molecule has 21 heteroatoms. The average Bonchev–Trinajstić information content (AvgIpc) is 1.49. The minimum atomic E-state index is -0.421. The van der Waals surface area contributed by atoms with E-state index in [1.165, 1.54) is 17.3 Å². The maximum Gasteiger partial charge on any atom is 0.311 e. The number of benzene rings is 1. The molecule has 0 radical (unpaired) electrons. The van der Waals surface area contributed by atoms with Gasteiger partial charge in [0.1, 0.15) is 51.5 Å². The fraction of sp³-hybridized carbons (Fsp3) is 0.831.